The summed E-state index contributed by atoms with van der Waals surface area (Å²) < 4.78 is 0. The van der Waals surface area contributed by atoms with Gasteiger partial charge in [-0.25, -0.2) is 4.98 Å². The second-order valence-corrected chi connectivity index (χ2v) is 6.45. The topological polar surface area (TPSA) is 49.0 Å². The van der Waals surface area contributed by atoms with Gasteiger partial charge in [0.25, 0.3) is 5.91 Å². The molecule has 1 aromatic heterocycles. The summed E-state index contributed by atoms with van der Waals surface area (Å²) in [7, 11) is 0. The van der Waals surface area contributed by atoms with Gasteiger partial charge < -0.3 is 9.88 Å². The number of likely N-dealkylation sites (tertiary alicyclic amines) is 1. The first-order valence-electron chi connectivity index (χ1n) is 8.59. The number of hydrogen-bond donors (Lipinski definition) is 1. The van der Waals surface area contributed by atoms with Crippen LogP contribution in [0.15, 0.2) is 54.9 Å². The Bertz CT molecular complexity index is 840. The quantitative estimate of drug-likeness (QED) is 0.795. The van der Waals surface area contributed by atoms with Crippen molar-refractivity contribution in [2.45, 2.75) is 31.7 Å². The van der Waals surface area contributed by atoms with Crippen LogP contribution in [-0.2, 0) is 6.42 Å². The van der Waals surface area contributed by atoms with Gasteiger partial charge in [0, 0.05) is 18.2 Å². The van der Waals surface area contributed by atoms with Crippen LogP contribution in [0.5, 0.6) is 0 Å². The number of rotatable bonds is 4. The van der Waals surface area contributed by atoms with E-state index in [1.807, 2.05) is 24.3 Å². The van der Waals surface area contributed by atoms with Gasteiger partial charge in [-0.05, 0) is 49.4 Å². The maximum Gasteiger partial charge on any atom is 0.254 e. The molecule has 2 aromatic carbocycles. The number of aryl methyl sites for hydroxylation is 1. The molecule has 122 valence electrons. The first-order valence-corrected chi connectivity index (χ1v) is 8.59. The molecule has 0 spiro atoms. The lowest BCUT2D eigenvalue weighted by Gasteiger charge is -2.25. The molecular formula is C20H21N3O. The van der Waals surface area contributed by atoms with E-state index in [0.717, 1.165) is 48.8 Å². The molecular weight excluding hydrogens is 298 g/mol. The molecule has 1 saturated heterocycles. The highest BCUT2D eigenvalue weighted by Crippen LogP contribution is 2.25. The van der Waals surface area contributed by atoms with Gasteiger partial charge in [0.2, 0.25) is 0 Å². The van der Waals surface area contributed by atoms with E-state index in [4.69, 9.17) is 0 Å². The van der Waals surface area contributed by atoms with Gasteiger partial charge in [-0.2, -0.15) is 0 Å². The summed E-state index contributed by atoms with van der Waals surface area (Å²) in [5.74, 6) is 0.141. The normalized spacial score (nSPS) is 17.5. The van der Waals surface area contributed by atoms with Crippen molar-refractivity contribution in [3.63, 3.8) is 0 Å². The summed E-state index contributed by atoms with van der Waals surface area (Å²) in [5, 5.41) is 0. The van der Waals surface area contributed by atoms with Crippen molar-refractivity contribution in [3.8, 4) is 0 Å². The van der Waals surface area contributed by atoms with Crippen molar-refractivity contribution >= 4 is 16.9 Å². The third kappa shape index (κ3) is 2.92. The smallest absolute Gasteiger partial charge is 0.254 e. The zero-order valence-corrected chi connectivity index (χ0v) is 13.6. The van der Waals surface area contributed by atoms with Crippen molar-refractivity contribution in [3.05, 3.63) is 66.0 Å². The van der Waals surface area contributed by atoms with Crippen LogP contribution in [0.1, 0.15) is 35.2 Å². The minimum Gasteiger partial charge on any atom is -0.345 e. The van der Waals surface area contributed by atoms with Gasteiger partial charge >= 0.3 is 0 Å². The molecule has 1 atom stereocenters. The number of nitrogens with one attached hydrogen (secondary N) is 1. The fourth-order valence-electron chi connectivity index (χ4n) is 3.62. The van der Waals surface area contributed by atoms with Crippen LogP contribution >= 0.6 is 0 Å². The fourth-order valence-corrected chi connectivity index (χ4v) is 3.62. The predicted molar refractivity (Wildman–Crippen MR) is 94.9 cm³/mol. The van der Waals surface area contributed by atoms with E-state index in [0.29, 0.717) is 6.04 Å². The minimum atomic E-state index is 0.141. The van der Waals surface area contributed by atoms with Crippen molar-refractivity contribution in [1.29, 1.82) is 0 Å². The molecule has 0 bridgehead atoms. The molecule has 2 heterocycles. The van der Waals surface area contributed by atoms with Crippen molar-refractivity contribution in [2.75, 3.05) is 6.54 Å². The van der Waals surface area contributed by atoms with Gasteiger partial charge in [0.05, 0.1) is 17.4 Å². The van der Waals surface area contributed by atoms with Crippen LogP contribution in [0.3, 0.4) is 0 Å². The number of imidazole rings is 1. The van der Waals surface area contributed by atoms with Crippen molar-refractivity contribution in [2.24, 2.45) is 0 Å². The van der Waals surface area contributed by atoms with E-state index >= 15 is 0 Å². The maximum atomic E-state index is 12.9. The summed E-state index contributed by atoms with van der Waals surface area (Å²) in [6.07, 6.45) is 5.91. The van der Waals surface area contributed by atoms with E-state index in [-0.39, 0.29) is 5.91 Å². The van der Waals surface area contributed by atoms with Crippen LogP contribution in [0, 0.1) is 0 Å². The number of aromatic amines is 1. The molecule has 0 saturated carbocycles. The molecule has 1 fully saturated rings. The monoisotopic (exact) mass is 319 g/mol. The van der Waals surface area contributed by atoms with E-state index in [1.54, 1.807) is 6.33 Å². The van der Waals surface area contributed by atoms with Crippen LogP contribution in [0.2, 0.25) is 0 Å². The lowest BCUT2D eigenvalue weighted by Crippen LogP contribution is -2.35. The number of nitrogens with zero attached hydrogens (tertiary/aromatic N) is 2. The summed E-state index contributed by atoms with van der Waals surface area (Å²) in [6.45, 7) is 0.860. The fraction of sp³-hybridized carbons (Fsp3) is 0.300. The summed E-state index contributed by atoms with van der Waals surface area (Å²) in [5.41, 5.74) is 3.91. The van der Waals surface area contributed by atoms with Crippen LogP contribution in [0.4, 0.5) is 0 Å². The van der Waals surface area contributed by atoms with Crippen LogP contribution in [-0.4, -0.2) is 33.4 Å². The Hall–Kier alpha value is -2.62. The Morgan fingerprint density at radius 2 is 2.08 bits per heavy atom. The zero-order valence-electron chi connectivity index (χ0n) is 13.6. The first-order chi connectivity index (χ1) is 11.8. The molecule has 4 nitrogen and oxygen atoms in total. The summed E-state index contributed by atoms with van der Waals surface area (Å²) in [6, 6.07) is 16.6. The number of H-pyrrole nitrogens is 1. The van der Waals surface area contributed by atoms with Gasteiger partial charge in [0.15, 0.2) is 0 Å². The average Bonchev–Trinajstić information content (AvgIpc) is 3.28. The predicted octanol–water partition coefficient (Wildman–Crippen LogP) is 3.80. The second kappa shape index (κ2) is 6.48. The number of hydrogen-bond acceptors (Lipinski definition) is 2. The molecule has 4 rings (SSSR count). The number of carbonyl (C=O) groups excluding carboxylic acids is 1. The van der Waals surface area contributed by atoms with Gasteiger partial charge in [-0.1, -0.05) is 30.3 Å². The molecule has 4 heteroatoms. The highest BCUT2D eigenvalue weighted by Gasteiger charge is 2.29. The zero-order chi connectivity index (χ0) is 16.4. The minimum absolute atomic E-state index is 0.141. The molecule has 1 amide bonds. The van der Waals surface area contributed by atoms with E-state index in [2.05, 4.69) is 39.1 Å². The standard InChI is InChI=1S/C20H21N3O/c24-20(16-9-11-18-19(13-16)22-14-21-18)23-12-4-7-17(23)10-8-15-5-2-1-3-6-15/h1-3,5-6,9,11,13-14,17H,4,7-8,10,12H2,(H,21,22)/t17-/m1/s1. The molecule has 1 aliphatic rings. The van der Waals surface area contributed by atoms with Crippen molar-refractivity contribution < 1.29 is 4.79 Å². The highest BCUT2D eigenvalue weighted by molar-refractivity contribution is 5.97. The number of aromatic nitrogens is 2. The van der Waals surface area contributed by atoms with Crippen LogP contribution < -0.4 is 0 Å². The number of carbonyl (C=O) groups is 1. The number of amides is 1. The maximum absolute atomic E-state index is 12.9. The van der Waals surface area contributed by atoms with Gasteiger partial charge in [-0.3, -0.25) is 4.79 Å². The van der Waals surface area contributed by atoms with Gasteiger partial charge in [-0.15, -0.1) is 0 Å². The Balaban J connectivity index is 1.48. The van der Waals surface area contributed by atoms with Crippen molar-refractivity contribution in [1.82, 2.24) is 14.9 Å². The van der Waals surface area contributed by atoms with E-state index in [9.17, 15) is 4.79 Å². The number of benzene rings is 2. The average molecular weight is 319 g/mol. The molecule has 0 aliphatic carbocycles. The SMILES string of the molecule is O=C(c1ccc2nc[nH]c2c1)N1CCC[C@@H]1CCc1ccccc1. The van der Waals surface area contributed by atoms with E-state index < -0.39 is 0 Å². The van der Waals surface area contributed by atoms with E-state index in [1.165, 1.54) is 5.56 Å². The molecule has 0 unspecified atom stereocenters. The first kappa shape index (κ1) is 14.9. The Kier molecular flexibility index (Phi) is 4.03. The highest BCUT2D eigenvalue weighted by atomic mass is 16.2. The summed E-state index contributed by atoms with van der Waals surface area (Å²) in [4.78, 5) is 22.3. The Morgan fingerprint density at radius 1 is 1.21 bits per heavy atom. The Morgan fingerprint density at radius 3 is 2.96 bits per heavy atom. The molecule has 3 aromatic rings. The lowest BCUT2D eigenvalue weighted by atomic mass is 10.0. The largest absolute Gasteiger partial charge is 0.345 e. The third-order valence-electron chi connectivity index (χ3n) is 4.91. The number of fused-ring (bicyclic) bond motifs is 1. The molecule has 24 heavy (non-hydrogen) atoms. The molecule has 1 aliphatic heterocycles. The molecule has 1 N–H and O–H groups in total. The van der Waals surface area contributed by atoms with Crippen LogP contribution in [0.25, 0.3) is 11.0 Å². The Labute approximate surface area is 141 Å². The second-order valence-electron chi connectivity index (χ2n) is 6.45. The lowest BCUT2D eigenvalue weighted by molar-refractivity contribution is 0.0731. The molecule has 0 radical (unpaired) electrons. The third-order valence-corrected chi connectivity index (χ3v) is 4.91. The van der Waals surface area contributed by atoms with Gasteiger partial charge in [0.1, 0.15) is 0 Å². The summed E-state index contributed by atoms with van der Waals surface area (Å²) >= 11 is 0.